The van der Waals surface area contributed by atoms with Gasteiger partial charge in [-0.25, -0.2) is 9.99 Å². The number of amides is 1. The van der Waals surface area contributed by atoms with Crippen molar-refractivity contribution in [3.63, 3.8) is 0 Å². The second-order valence-electron chi connectivity index (χ2n) is 5.03. The molecule has 1 amide bonds. The molecule has 0 aliphatic carbocycles. The van der Waals surface area contributed by atoms with Gasteiger partial charge in [-0.3, -0.25) is 4.79 Å². The van der Waals surface area contributed by atoms with Crippen molar-refractivity contribution < 1.29 is 4.79 Å². The summed E-state index contributed by atoms with van der Waals surface area (Å²) in [5.41, 5.74) is 5.60. The van der Waals surface area contributed by atoms with Crippen LogP contribution in [0.3, 0.4) is 0 Å². The first kappa shape index (κ1) is 12.9. The van der Waals surface area contributed by atoms with Gasteiger partial charge in [0.1, 0.15) is 5.65 Å². The second kappa shape index (κ2) is 5.50. The fourth-order valence-corrected chi connectivity index (χ4v) is 2.60. The van der Waals surface area contributed by atoms with E-state index in [1.807, 2.05) is 12.3 Å². The number of carbonyl (C=O) groups is 1. The van der Waals surface area contributed by atoms with E-state index < -0.39 is 0 Å². The Kier molecular flexibility index (Phi) is 3.56. The zero-order chi connectivity index (χ0) is 13.9. The van der Waals surface area contributed by atoms with Crippen LogP contribution in [0.4, 0.5) is 5.69 Å². The Morgan fingerprint density at radius 3 is 2.90 bits per heavy atom. The molecule has 0 atom stereocenters. The normalized spacial score (nSPS) is 16.2. The Hall–Kier alpha value is -2.08. The Morgan fingerprint density at radius 2 is 2.15 bits per heavy atom. The van der Waals surface area contributed by atoms with Crippen molar-refractivity contribution in [2.75, 3.05) is 25.6 Å². The highest BCUT2D eigenvalue weighted by Crippen LogP contribution is 2.26. The van der Waals surface area contributed by atoms with Crippen LogP contribution >= 0.6 is 0 Å². The molecule has 2 aromatic rings. The molecule has 0 bridgehead atoms. The van der Waals surface area contributed by atoms with E-state index in [0.717, 1.165) is 29.8 Å². The first-order valence-corrected chi connectivity index (χ1v) is 6.99. The lowest BCUT2D eigenvalue weighted by Crippen LogP contribution is -2.36. The third-order valence-corrected chi connectivity index (χ3v) is 3.68. The number of hydrogen-bond acceptors (Lipinski definition) is 4. The van der Waals surface area contributed by atoms with Gasteiger partial charge in [0.2, 0.25) is 0 Å². The molecular formula is C14H19N5O. The molecule has 2 aromatic heterocycles. The summed E-state index contributed by atoms with van der Waals surface area (Å²) in [4.78, 5) is 19.4. The lowest BCUT2D eigenvalue weighted by atomic mass is 10.1. The smallest absolute Gasteiger partial charge is 0.254 e. The highest BCUT2D eigenvalue weighted by Gasteiger charge is 2.18. The number of hydrogen-bond donors (Lipinski definition) is 3. The quantitative estimate of drug-likeness (QED) is 0.796. The van der Waals surface area contributed by atoms with Crippen LogP contribution in [0.2, 0.25) is 0 Å². The van der Waals surface area contributed by atoms with Crippen molar-refractivity contribution in [1.82, 2.24) is 20.3 Å². The highest BCUT2D eigenvalue weighted by molar-refractivity contribution is 6.06. The van der Waals surface area contributed by atoms with Crippen molar-refractivity contribution in [2.45, 2.75) is 19.3 Å². The minimum Gasteiger partial charge on any atom is -0.355 e. The van der Waals surface area contributed by atoms with Gasteiger partial charge in [-0.15, -0.1) is 0 Å². The average molecular weight is 273 g/mol. The molecule has 1 fully saturated rings. The van der Waals surface area contributed by atoms with Gasteiger partial charge in [-0.1, -0.05) is 6.42 Å². The van der Waals surface area contributed by atoms with Crippen LogP contribution in [0, 0.1) is 0 Å². The maximum Gasteiger partial charge on any atom is 0.254 e. The fraction of sp³-hybridized carbons (Fsp3) is 0.429. The van der Waals surface area contributed by atoms with Gasteiger partial charge in [0.25, 0.3) is 5.91 Å². The molecule has 0 saturated carbocycles. The van der Waals surface area contributed by atoms with Crippen LogP contribution in [0.1, 0.15) is 29.6 Å². The molecule has 3 rings (SSSR count). The average Bonchev–Trinajstić information content (AvgIpc) is 2.97. The van der Waals surface area contributed by atoms with Crippen LogP contribution < -0.4 is 10.7 Å². The number of nitrogens with one attached hydrogen (secondary N) is 3. The minimum absolute atomic E-state index is 0.125. The molecular weight excluding hydrogens is 254 g/mol. The van der Waals surface area contributed by atoms with Gasteiger partial charge in [0.05, 0.1) is 11.3 Å². The zero-order valence-electron chi connectivity index (χ0n) is 11.6. The van der Waals surface area contributed by atoms with E-state index in [1.54, 1.807) is 13.2 Å². The molecule has 106 valence electrons. The summed E-state index contributed by atoms with van der Waals surface area (Å²) in [5, 5.41) is 5.79. The Labute approximate surface area is 117 Å². The van der Waals surface area contributed by atoms with Crippen LogP contribution in [0.25, 0.3) is 11.0 Å². The van der Waals surface area contributed by atoms with Crippen LogP contribution in [0.5, 0.6) is 0 Å². The third kappa shape index (κ3) is 2.34. The number of aromatic amines is 1. The lowest BCUT2D eigenvalue weighted by Gasteiger charge is -2.28. The number of nitrogens with zero attached hydrogens (tertiary/aromatic N) is 2. The molecule has 0 spiro atoms. The summed E-state index contributed by atoms with van der Waals surface area (Å²) >= 11 is 0. The van der Waals surface area contributed by atoms with Crippen molar-refractivity contribution >= 4 is 22.6 Å². The molecule has 1 aliphatic heterocycles. The van der Waals surface area contributed by atoms with E-state index >= 15 is 0 Å². The van der Waals surface area contributed by atoms with Crippen LogP contribution in [-0.4, -0.2) is 41.0 Å². The predicted octanol–water partition coefficient (Wildman–Crippen LogP) is 1.74. The predicted molar refractivity (Wildman–Crippen MR) is 78.5 cm³/mol. The van der Waals surface area contributed by atoms with Crippen molar-refractivity contribution in [1.29, 1.82) is 0 Å². The first-order chi connectivity index (χ1) is 9.79. The van der Waals surface area contributed by atoms with Crippen LogP contribution in [-0.2, 0) is 0 Å². The number of rotatable bonds is 3. The van der Waals surface area contributed by atoms with E-state index in [9.17, 15) is 4.79 Å². The van der Waals surface area contributed by atoms with Crippen molar-refractivity contribution in [3.05, 3.63) is 24.0 Å². The summed E-state index contributed by atoms with van der Waals surface area (Å²) in [5.74, 6) is -0.125. The topological polar surface area (TPSA) is 73.0 Å². The SMILES string of the molecule is CNC(=O)c1cnc2[nH]ccc2c1NN1CCCCC1. The van der Waals surface area contributed by atoms with Gasteiger partial charge >= 0.3 is 0 Å². The fourth-order valence-electron chi connectivity index (χ4n) is 2.60. The molecule has 1 aliphatic rings. The standard InChI is InChI=1S/C14H19N5O/c1-15-14(20)11-9-17-13-10(5-6-16-13)12(11)18-19-7-3-2-4-8-19/h5-6,9H,2-4,7-8H2,1H3,(H,15,20)(H2,16,17,18). The minimum atomic E-state index is -0.125. The monoisotopic (exact) mass is 273 g/mol. The number of pyridine rings is 1. The third-order valence-electron chi connectivity index (χ3n) is 3.68. The van der Waals surface area contributed by atoms with Gasteiger partial charge < -0.3 is 15.7 Å². The molecule has 20 heavy (non-hydrogen) atoms. The Morgan fingerprint density at radius 1 is 1.35 bits per heavy atom. The molecule has 1 saturated heterocycles. The molecule has 0 unspecified atom stereocenters. The second-order valence-corrected chi connectivity index (χ2v) is 5.03. The van der Waals surface area contributed by atoms with E-state index in [-0.39, 0.29) is 5.91 Å². The maximum atomic E-state index is 12.0. The Balaban J connectivity index is 2.00. The molecule has 0 aromatic carbocycles. The molecule has 6 nitrogen and oxygen atoms in total. The number of hydrazine groups is 1. The summed E-state index contributed by atoms with van der Waals surface area (Å²) in [6, 6.07) is 1.95. The van der Waals surface area contributed by atoms with Gasteiger partial charge in [0.15, 0.2) is 0 Å². The molecule has 6 heteroatoms. The van der Waals surface area contributed by atoms with Crippen LogP contribution in [0.15, 0.2) is 18.5 Å². The number of aromatic nitrogens is 2. The van der Waals surface area contributed by atoms with Gasteiger partial charge in [0, 0.05) is 37.9 Å². The molecule has 0 radical (unpaired) electrons. The lowest BCUT2D eigenvalue weighted by molar-refractivity contribution is 0.0963. The summed E-state index contributed by atoms with van der Waals surface area (Å²) in [6.07, 6.45) is 7.10. The number of H-pyrrole nitrogens is 1. The molecule has 3 N–H and O–H groups in total. The largest absolute Gasteiger partial charge is 0.355 e. The number of fused-ring (bicyclic) bond motifs is 1. The van der Waals surface area contributed by atoms with E-state index in [0.29, 0.717) is 5.56 Å². The van der Waals surface area contributed by atoms with Gasteiger partial charge in [-0.2, -0.15) is 0 Å². The van der Waals surface area contributed by atoms with Crippen molar-refractivity contribution in [2.24, 2.45) is 0 Å². The number of carbonyl (C=O) groups excluding carboxylic acids is 1. The highest BCUT2D eigenvalue weighted by atomic mass is 16.1. The molecule has 3 heterocycles. The zero-order valence-corrected chi connectivity index (χ0v) is 11.6. The van der Waals surface area contributed by atoms with E-state index in [2.05, 4.69) is 25.7 Å². The summed E-state index contributed by atoms with van der Waals surface area (Å²) in [6.45, 7) is 2.00. The summed E-state index contributed by atoms with van der Waals surface area (Å²) in [7, 11) is 1.63. The van der Waals surface area contributed by atoms with E-state index in [4.69, 9.17) is 0 Å². The van der Waals surface area contributed by atoms with E-state index in [1.165, 1.54) is 19.3 Å². The Bertz CT molecular complexity index is 615. The van der Waals surface area contributed by atoms with Gasteiger partial charge in [-0.05, 0) is 18.9 Å². The van der Waals surface area contributed by atoms with Crippen molar-refractivity contribution in [3.8, 4) is 0 Å². The maximum absolute atomic E-state index is 12.0. The first-order valence-electron chi connectivity index (χ1n) is 6.99. The number of piperidine rings is 1. The number of anilines is 1. The summed E-state index contributed by atoms with van der Waals surface area (Å²) < 4.78 is 0.